The minimum absolute atomic E-state index is 0. The number of aliphatic imine (C=N–C) groups is 1. The highest BCUT2D eigenvalue weighted by atomic mass is 127. The Labute approximate surface area is 117 Å². The molecule has 1 aliphatic carbocycles. The Balaban J connectivity index is 0.00000225. The number of hydrogen-bond donors (Lipinski definition) is 1. The van der Waals surface area contributed by atoms with Gasteiger partial charge in [0.2, 0.25) is 0 Å². The molecule has 0 amide bonds. The van der Waals surface area contributed by atoms with Gasteiger partial charge in [0.1, 0.15) is 0 Å². The summed E-state index contributed by atoms with van der Waals surface area (Å²) in [6.07, 6.45) is 2.64. The molecule has 1 fully saturated rings. The number of hydrogen-bond acceptors (Lipinski definition) is 1. The van der Waals surface area contributed by atoms with Gasteiger partial charge in [-0.15, -0.1) is 24.0 Å². The normalized spacial score (nSPS) is 18.2. The summed E-state index contributed by atoms with van der Waals surface area (Å²) in [5.74, 6) is 1.44. The first-order valence-electron chi connectivity index (χ1n) is 6.10. The highest BCUT2D eigenvalue weighted by molar-refractivity contribution is 14.0. The Morgan fingerprint density at radius 2 is 1.81 bits per heavy atom. The SMILES string of the molecule is CCN(CC)C(N)=NCC1(C(C)C)CC1.I. The third kappa shape index (κ3) is 3.79. The molecule has 0 bridgehead atoms. The third-order valence-corrected chi connectivity index (χ3v) is 3.76. The third-order valence-electron chi connectivity index (χ3n) is 3.76. The van der Waals surface area contributed by atoms with Crippen LogP contribution in [0.3, 0.4) is 0 Å². The van der Waals surface area contributed by atoms with Gasteiger partial charge in [-0.2, -0.15) is 0 Å². The molecule has 0 unspecified atom stereocenters. The van der Waals surface area contributed by atoms with E-state index in [2.05, 4.69) is 37.6 Å². The number of guanidine groups is 1. The molecule has 0 heterocycles. The van der Waals surface area contributed by atoms with Crippen LogP contribution in [0.1, 0.15) is 40.5 Å². The van der Waals surface area contributed by atoms with Crippen molar-refractivity contribution in [2.75, 3.05) is 19.6 Å². The van der Waals surface area contributed by atoms with Crippen LogP contribution in [-0.2, 0) is 0 Å². The van der Waals surface area contributed by atoms with Crippen molar-refractivity contribution in [2.24, 2.45) is 22.1 Å². The van der Waals surface area contributed by atoms with E-state index in [0.717, 1.165) is 25.6 Å². The van der Waals surface area contributed by atoms with Crippen LogP contribution in [0.2, 0.25) is 0 Å². The molecule has 4 heteroatoms. The van der Waals surface area contributed by atoms with Crippen molar-refractivity contribution in [1.82, 2.24) is 4.90 Å². The first kappa shape index (κ1) is 16.0. The van der Waals surface area contributed by atoms with Crippen molar-refractivity contribution in [3.8, 4) is 0 Å². The van der Waals surface area contributed by atoms with E-state index in [1.54, 1.807) is 0 Å². The van der Waals surface area contributed by atoms with Crippen LogP contribution in [0.4, 0.5) is 0 Å². The van der Waals surface area contributed by atoms with E-state index in [0.29, 0.717) is 11.4 Å². The molecule has 1 saturated carbocycles. The maximum Gasteiger partial charge on any atom is 0.191 e. The average Bonchev–Trinajstić information content (AvgIpc) is 2.97. The van der Waals surface area contributed by atoms with E-state index in [1.165, 1.54) is 12.8 Å². The molecule has 0 aromatic rings. The topological polar surface area (TPSA) is 41.6 Å². The highest BCUT2D eigenvalue weighted by Gasteiger charge is 2.45. The first-order valence-corrected chi connectivity index (χ1v) is 6.10. The molecule has 0 spiro atoms. The lowest BCUT2D eigenvalue weighted by Crippen LogP contribution is -2.37. The minimum Gasteiger partial charge on any atom is -0.370 e. The van der Waals surface area contributed by atoms with Crippen molar-refractivity contribution >= 4 is 29.9 Å². The summed E-state index contributed by atoms with van der Waals surface area (Å²) in [7, 11) is 0. The van der Waals surface area contributed by atoms with E-state index in [9.17, 15) is 0 Å². The van der Waals surface area contributed by atoms with Gasteiger partial charge in [-0.05, 0) is 38.0 Å². The van der Waals surface area contributed by atoms with Gasteiger partial charge < -0.3 is 10.6 Å². The predicted molar refractivity (Wildman–Crippen MR) is 81.3 cm³/mol. The van der Waals surface area contributed by atoms with Gasteiger partial charge >= 0.3 is 0 Å². The Morgan fingerprint density at radius 1 is 1.31 bits per heavy atom. The van der Waals surface area contributed by atoms with Crippen molar-refractivity contribution in [3.63, 3.8) is 0 Å². The average molecular weight is 339 g/mol. The van der Waals surface area contributed by atoms with Gasteiger partial charge in [0.05, 0.1) is 0 Å². The van der Waals surface area contributed by atoms with E-state index < -0.39 is 0 Å². The Hall–Kier alpha value is 0. The monoisotopic (exact) mass is 339 g/mol. The number of rotatable bonds is 5. The first-order chi connectivity index (χ1) is 7.05. The van der Waals surface area contributed by atoms with Crippen molar-refractivity contribution in [3.05, 3.63) is 0 Å². The second-order valence-corrected chi connectivity index (χ2v) is 4.86. The second kappa shape index (κ2) is 6.67. The lowest BCUT2D eigenvalue weighted by Gasteiger charge is -2.22. The van der Waals surface area contributed by atoms with E-state index in [4.69, 9.17) is 5.73 Å². The number of halogens is 1. The molecule has 96 valence electrons. The zero-order valence-electron chi connectivity index (χ0n) is 11.0. The van der Waals surface area contributed by atoms with Gasteiger partial charge in [0, 0.05) is 19.6 Å². The molecular formula is C12H26IN3. The highest BCUT2D eigenvalue weighted by Crippen LogP contribution is 2.51. The summed E-state index contributed by atoms with van der Waals surface area (Å²) >= 11 is 0. The Morgan fingerprint density at radius 3 is 2.12 bits per heavy atom. The molecular weight excluding hydrogens is 313 g/mol. The molecule has 0 radical (unpaired) electrons. The van der Waals surface area contributed by atoms with Crippen LogP contribution in [0, 0.1) is 11.3 Å². The fraction of sp³-hybridized carbons (Fsp3) is 0.917. The lowest BCUT2D eigenvalue weighted by atomic mass is 9.93. The molecule has 2 N–H and O–H groups in total. The van der Waals surface area contributed by atoms with Crippen LogP contribution in [0.15, 0.2) is 4.99 Å². The maximum atomic E-state index is 5.95. The minimum atomic E-state index is 0. The van der Waals surface area contributed by atoms with E-state index >= 15 is 0 Å². The van der Waals surface area contributed by atoms with E-state index in [-0.39, 0.29) is 24.0 Å². The second-order valence-electron chi connectivity index (χ2n) is 4.86. The van der Waals surface area contributed by atoms with E-state index in [1.807, 2.05) is 0 Å². The Bertz CT molecular complexity index is 230. The fourth-order valence-corrected chi connectivity index (χ4v) is 1.96. The van der Waals surface area contributed by atoms with Crippen LogP contribution in [-0.4, -0.2) is 30.5 Å². The molecule has 0 atom stereocenters. The molecule has 0 aliphatic heterocycles. The molecule has 1 rings (SSSR count). The number of nitrogens with two attached hydrogens (primary N) is 1. The Kier molecular flexibility index (Phi) is 6.67. The molecule has 0 aromatic carbocycles. The predicted octanol–water partition coefficient (Wildman–Crippen LogP) is 2.70. The summed E-state index contributed by atoms with van der Waals surface area (Å²) in [6, 6.07) is 0. The molecule has 16 heavy (non-hydrogen) atoms. The van der Waals surface area contributed by atoms with Gasteiger partial charge in [-0.1, -0.05) is 13.8 Å². The largest absolute Gasteiger partial charge is 0.370 e. The van der Waals surface area contributed by atoms with Gasteiger partial charge in [0.15, 0.2) is 5.96 Å². The van der Waals surface area contributed by atoms with Crippen LogP contribution < -0.4 is 5.73 Å². The summed E-state index contributed by atoms with van der Waals surface area (Å²) < 4.78 is 0. The van der Waals surface area contributed by atoms with Crippen LogP contribution >= 0.6 is 24.0 Å². The van der Waals surface area contributed by atoms with Crippen molar-refractivity contribution in [1.29, 1.82) is 0 Å². The molecule has 0 aromatic heterocycles. The number of nitrogens with zero attached hydrogens (tertiary/aromatic N) is 2. The van der Waals surface area contributed by atoms with Crippen molar-refractivity contribution in [2.45, 2.75) is 40.5 Å². The summed E-state index contributed by atoms with van der Waals surface area (Å²) in [5, 5.41) is 0. The van der Waals surface area contributed by atoms with Gasteiger partial charge in [-0.3, -0.25) is 4.99 Å². The molecule has 3 nitrogen and oxygen atoms in total. The summed E-state index contributed by atoms with van der Waals surface area (Å²) in [5.41, 5.74) is 6.42. The lowest BCUT2D eigenvalue weighted by molar-refractivity contribution is 0.366. The maximum absolute atomic E-state index is 5.95. The standard InChI is InChI=1S/C12H25N3.HI/c1-5-15(6-2)11(13)14-9-12(7-8-12)10(3)4;/h10H,5-9H2,1-4H3,(H2,13,14);1H. The zero-order valence-corrected chi connectivity index (χ0v) is 13.3. The fourth-order valence-electron chi connectivity index (χ4n) is 1.96. The molecule has 0 saturated heterocycles. The summed E-state index contributed by atoms with van der Waals surface area (Å²) in [4.78, 5) is 6.65. The van der Waals surface area contributed by atoms with Gasteiger partial charge in [0.25, 0.3) is 0 Å². The summed E-state index contributed by atoms with van der Waals surface area (Å²) in [6.45, 7) is 11.6. The van der Waals surface area contributed by atoms with Crippen LogP contribution in [0.25, 0.3) is 0 Å². The van der Waals surface area contributed by atoms with Crippen molar-refractivity contribution < 1.29 is 0 Å². The smallest absolute Gasteiger partial charge is 0.191 e. The van der Waals surface area contributed by atoms with Gasteiger partial charge in [-0.25, -0.2) is 0 Å². The zero-order chi connectivity index (χ0) is 11.5. The van der Waals surface area contributed by atoms with Crippen LogP contribution in [0.5, 0.6) is 0 Å². The quantitative estimate of drug-likeness (QED) is 0.475. The molecule has 1 aliphatic rings.